The minimum Gasteiger partial charge on any atom is -0.439 e. The average molecular weight is 316 g/mol. The van der Waals surface area contributed by atoms with Crippen LogP contribution in [-0.4, -0.2) is 53.4 Å². The molecule has 23 heavy (non-hydrogen) atoms. The number of ether oxygens (including phenoxy) is 1. The summed E-state index contributed by atoms with van der Waals surface area (Å²) in [7, 11) is 0. The van der Waals surface area contributed by atoms with Gasteiger partial charge in [-0.25, -0.2) is 9.69 Å². The lowest BCUT2D eigenvalue weighted by atomic mass is 10.0. The smallest absolute Gasteiger partial charge is 0.417 e. The molecule has 0 saturated carbocycles. The lowest BCUT2D eigenvalue weighted by Gasteiger charge is -2.20. The van der Waals surface area contributed by atoms with Crippen molar-refractivity contribution < 1.29 is 19.1 Å². The number of nitrogens with zero attached hydrogens (tertiary/aromatic N) is 2. The fourth-order valence-electron chi connectivity index (χ4n) is 3.19. The summed E-state index contributed by atoms with van der Waals surface area (Å²) in [6.45, 7) is 2.84. The highest BCUT2D eigenvalue weighted by molar-refractivity contribution is 5.98. The summed E-state index contributed by atoms with van der Waals surface area (Å²) >= 11 is 0. The van der Waals surface area contributed by atoms with Crippen LogP contribution in [-0.2, 0) is 20.7 Å². The molecule has 3 rings (SSSR count). The van der Waals surface area contributed by atoms with E-state index >= 15 is 0 Å². The van der Waals surface area contributed by atoms with Crippen LogP contribution < -0.4 is 0 Å². The Bertz CT molecular complexity index is 627. The lowest BCUT2D eigenvalue weighted by molar-refractivity contribution is -0.131. The molecule has 2 saturated heterocycles. The Morgan fingerprint density at radius 3 is 2.78 bits per heavy atom. The summed E-state index contributed by atoms with van der Waals surface area (Å²) in [5, 5.41) is 0. The van der Waals surface area contributed by atoms with Gasteiger partial charge in [0.15, 0.2) is 6.61 Å². The van der Waals surface area contributed by atoms with E-state index in [1.165, 1.54) is 11.1 Å². The Labute approximate surface area is 135 Å². The van der Waals surface area contributed by atoms with Gasteiger partial charge in [-0.3, -0.25) is 9.59 Å². The third-order valence-corrected chi connectivity index (χ3v) is 4.54. The van der Waals surface area contributed by atoms with Crippen molar-refractivity contribution in [1.29, 1.82) is 0 Å². The first-order valence-corrected chi connectivity index (χ1v) is 7.87. The number of cyclic esters (lactones) is 1. The van der Waals surface area contributed by atoms with Crippen LogP contribution in [0.4, 0.5) is 4.79 Å². The van der Waals surface area contributed by atoms with Crippen molar-refractivity contribution in [1.82, 2.24) is 9.80 Å². The number of hydrogen-bond donors (Lipinski definition) is 0. The zero-order valence-corrected chi connectivity index (χ0v) is 13.2. The summed E-state index contributed by atoms with van der Waals surface area (Å²) in [6, 6.07) is 7.78. The molecule has 1 aromatic carbocycles. The molecule has 0 radical (unpaired) electrons. The van der Waals surface area contributed by atoms with E-state index < -0.39 is 6.09 Å². The van der Waals surface area contributed by atoms with Crippen molar-refractivity contribution in [3.05, 3.63) is 35.4 Å². The van der Waals surface area contributed by atoms with Crippen LogP contribution in [0.5, 0.6) is 0 Å². The maximum Gasteiger partial charge on any atom is 0.417 e. The van der Waals surface area contributed by atoms with E-state index in [-0.39, 0.29) is 24.5 Å². The maximum absolute atomic E-state index is 12.4. The van der Waals surface area contributed by atoms with Gasteiger partial charge in [-0.2, -0.15) is 0 Å². The van der Waals surface area contributed by atoms with Crippen LogP contribution in [0.25, 0.3) is 0 Å². The average Bonchev–Trinajstić information content (AvgIpc) is 3.13. The molecule has 0 aliphatic carbocycles. The van der Waals surface area contributed by atoms with Gasteiger partial charge in [-0.15, -0.1) is 0 Å². The molecule has 2 aliphatic rings. The Kier molecular flexibility index (Phi) is 4.32. The molecule has 1 atom stereocenters. The van der Waals surface area contributed by atoms with E-state index in [0.717, 1.165) is 4.90 Å². The largest absolute Gasteiger partial charge is 0.439 e. The van der Waals surface area contributed by atoms with E-state index in [1.807, 2.05) is 31.2 Å². The molecule has 6 heteroatoms. The number of imide groups is 1. The molecule has 3 amide bonds. The highest BCUT2D eigenvalue weighted by Gasteiger charge is 2.41. The zero-order valence-electron chi connectivity index (χ0n) is 13.2. The number of aryl methyl sites for hydroxylation is 2. The number of carbonyl (C=O) groups excluding carboxylic acids is 3. The molecular formula is C17H20N2O4. The Hall–Kier alpha value is -2.37. The van der Waals surface area contributed by atoms with Gasteiger partial charge in [0.25, 0.3) is 5.91 Å². The van der Waals surface area contributed by atoms with Crippen LogP contribution in [0.1, 0.15) is 24.0 Å². The minimum absolute atomic E-state index is 0.0655. The number of amides is 3. The Morgan fingerprint density at radius 2 is 2.09 bits per heavy atom. The van der Waals surface area contributed by atoms with E-state index in [1.54, 1.807) is 4.90 Å². The van der Waals surface area contributed by atoms with E-state index in [2.05, 4.69) is 0 Å². The normalized spacial score (nSPS) is 21.0. The van der Waals surface area contributed by atoms with Gasteiger partial charge in [0.1, 0.15) is 0 Å². The number of hydrogen-bond acceptors (Lipinski definition) is 4. The second-order valence-electron chi connectivity index (χ2n) is 6.03. The highest BCUT2D eigenvalue weighted by Crippen LogP contribution is 2.21. The number of likely N-dealkylation sites (tertiary alicyclic amines) is 1. The van der Waals surface area contributed by atoms with Gasteiger partial charge in [-0.05, 0) is 30.9 Å². The maximum atomic E-state index is 12.4. The fourth-order valence-corrected chi connectivity index (χ4v) is 3.19. The van der Waals surface area contributed by atoms with E-state index in [4.69, 9.17) is 4.74 Å². The van der Waals surface area contributed by atoms with Gasteiger partial charge >= 0.3 is 6.09 Å². The minimum atomic E-state index is -0.589. The Balaban J connectivity index is 1.54. The predicted molar refractivity (Wildman–Crippen MR) is 82.7 cm³/mol. The third kappa shape index (κ3) is 3.21. The fraction of sp³-hybridized carbons (Fsp3) is 0.471. The summed E-state index contributed by atoms with van der Waals surface area (Å²) in [4.78, 5) is 38.5. The van der Waals surface area contributed by atoms with Crippen LogP contribution in [0, 0.1) is 6.92 Å². The molecule has 0 bridgehead atoms. The lowest BCUT2D eigenvalue weighted by Crippen LogP contribution is -2.42. The quantitative estimate of drug-likeness (QED) is 0.844. The first kappa shape index (κ1) is 15.5. The number of carbonyl (C=O) groups is 3. The second-order valence-corrected chi connectivity index (χ2v) is 6.03. The van der Waals surface area contributed by atoms with Crippen molar-refractivity contribution in [2.45, 2.75) is 32.2 Å². The van der Waals surface area contributed by atoms with Gasteiger partial charge in [0, 0.05) is 19.5 Å². The van der Waals surface area contributed by atoms with E-state index in [0.29, 0.717) is 32.4 Å². The molecule has 0 N–H and O–H groups in total. The van der Waals surface area contributed by atoms with E-state index in [9.17, 15) is 14.4 Å². The van der Waals surface area contributed by atoms with Crippen LogP contribution in [0.3, 0.4) is 0 Å². The van der Waals surface area contributed by atoms with Gasteiger partial charge < -0.3 is 9.64 Å². The van der Waals surface area contributed by atoms with Crippen molar-refractivity contribution in [3.8, 4) is 0 Å². The van der Waals surface area contributed by atoms with Gasteiger partial charge in [-0.1, -0.05) is 24.3 Å². The zero-order chi connectivity index (χ0) is 16.4. The highest BCUT2D eigenvalue weighted by atomic mass is 16.6. The van der Waals surface area contributed by atoms with Crippen molar-refractivity contribution >= 4 is 17.9 Å². The molecular weight excluding hydrogens is 296 g/mol. The predicted octanol–water partition coefficient (Wildman–Crippen LogP) is 1.51. The molecule has 6 nitrogen and oxygen atoms in total. The monoisotopic (exact) mass is 316 g/mol. The van der Waals surface area contributed by atoms with Gasteiger partial charge in [0.2, 0.25) is 5.91 Å². The summed E-state index contributed by atoms with van der Waals surface area (Å²) in [5.74, 6) is -0.245. The second kappa shape index (κ2) is 6.40. The molecule has 0 aromatic heterocycles. The standard InChI is InChI=1S/C17H20N2O4/c1-12-4-2-3-5-13(12)6-7-15(20)18-9-8-14(10-18)19-16(21)11-23-17(19)22/h2-5,14H,6-11H2,1H3. The van der Waals surface area contributed by atoms with Crippen LogP contribution >= 0.6 is 0 Å². The molecule has 1 aromatic rings. The number of rotatable bonds is 4. The summed E-state index contributed by atoms with van der Waals surface area (Å²) in [5.41, 5.74) is 2.36. The third-order valence-electron chi connectivity index (χ3n) is 4.54. The number of benzene rings is 1. The Morgan fingerprint density at radius 1 is 1.30 bits per heavy atom. The topological polar surface area (TPSA) is 66.9 Å². The first-order chi connectivity index (χ1) is 11.1. The summed E-state index contributed by atoms with van der Waals surface area (Å²) in [6.07, 6.45) is 1.18. The first-order valence-electron chi connectivity index (χ1n) is 7.87. The van der Waals surface area contributed by atoms with Crippen molar-refractivity contribution in [2.24, 2.45) is 0 Å². The summed E-state index contributed by atoms with van der Waals surface area (Å²) < 4.78 is 4.74. The molecule has 2 heterocycles. The van der Waals surface area contributed by atoms with Crippen LogP contribution in [0.2, 0.25) is 0 Å². The van der Waals surface area contributed by atoms with Gasteiger partial charge in [0.05, 0.1) is 6.04 Å². The SMILES string of the molecule is Cc1ccccc1CCC(=O)N1CCC(N2C(=O)COC2=O)C1. The molecule has 2 fully saturated rings. The molecule has 0 spiro atoms. The van der Waals surface area contributed by atoms with Crippen LogP contribution in [0.15, 0.2) is 24.3 Å². The molecule has 2 aliphatic heterocycles. The molecule has 1 unspecified atom stereocenters. The van der Waals surface area contributed by atoms with Crippen molar-refractivity contribution in [2.75, 3.05) is 19.7 Å². The van der Waals surface area contributed by atoms with Crippen molar-refractivity contribution in [3.63, 3.8) is 0 Å². The molecule has 122 valence electrons.